The Morgan fingerprint density at radius 1 is 1.33 bits per heavy atom. The first kappa shape index (κ1) is 15.8. The Hall–Kier alpha value is -1.60. The zero-order chi connectivity index (χ0) is 15.8. The summed E-state index contributed by atoms with van der Waals surface area (Å²) in [5.41, 5.74) is 1.33. The highest BCUT2D eigenvalue weighted by Crippen LogP contribution is 2.32. The van der Waals surface area contributed by atoms with Crippen LogP contribution in [0, 0.1) is 13.8 Å². The van der Waals surface area contributed by atoms with E-state index in [1.54, 1.807) is 19.9 Å². The summed E-state index contributed by atoms with van der Waals surface area (Å²) >= 11 is 0. The lowest BCUT2D eigenvalue weighted by Crippen LogP contribution is -2.40. The molecular formula is C14H19NO5S. The molecule has 116 valence electrons. The average Bonchev–Trinajstić information content (AvgIpc) is 2.91. The number of ether oxygens (including phenoxy) is 1. The number of carboxylic acids is 1. The molecule has 7 heteroatoms. The summed E-state index contributed by atoms with van der Waals surface area (Å²) < 4.78 is 31.8. The molecule has 21 heavy (non-hydrogen) atoms. The van der Waals surface area contributed by atoms with E-state index >= 15 is 0 Å². The lowest BCUT2D eigenvalue weighted by Gasteiger charge is -2.23. The first-order valence-corrected chi connectivity index (χ1v) is 8.13. The first-order chi connectivity index (χ1) is 9.80. The number of carbonyl (C=O) groups is 1. The quantitative estimate of drug-likeness (QED) is 0.911. The predicted octanol–water partition coefficient (Wildman–Crippen LogP) is 1.55. The summed E-state index contributed by atoms with van der Waals surface area (Å²) in [6, 6.07) is 2.10. The molecule has 1 aromatic carbocycles. The number of carboxylic acid groups (broad SMARTS) is 1. The smallest absolute Gasteiger partial charge is 0.322 e. The van der Waals surface area contributed by atoms with E-state index in [4.69, 9.17) is 4.74 Å². The van der Waals surface area contributed by atoms with Crippen molar-refractivity contribution in [1.82, 2.24) is 4.31 Å². The Morgan fingerprint density at radius 2 is 2.00 bits per heavy atom. The van der Waals surface area contributed by atoms with E-state index in [9.17, 15) is 18.3 Å². The molecule has 0 saturated carbocycles. The maximum absolute atomic E-state index is 12.7. The van der Waals surface area contributed by atoms with E-state index in [-0.39, 0.29) is 11.4 Å². The van der Waals surface area contributed by atoms with Gasteiger partial charge in [-0.05, 0) is 49.9 Å². The van der Waals surface area contributed by atoms with Gasteiger partial charge >= 0.3 is 5.97 Å². The van der Waals surface area contributed by atoms with E-state index in [1.807, 2.05) is 0 Å². The lowest BCUT2D eigenvalue weighted by atomic mass is 10.1. The fourth-order valence-electron chi connectivity index (χ4n) is 2.67. The number of hydrogen-bond donors (Lipinski definition) is 1. The van der Waals surface area contributed by atoms with Crippen molar-refractivity contribution in [2.24, 2.45) is 0 Å². The minimum atomic E-state index is -3.81. The lowest BCUT2D eigenvalue weighted by molar-refractivity contribution is -0.140. The topological polar surface area (TPSA) is 83.9 Å². The van der Waals surface area contributed by atoms with Gasteiger partial charge in [-0.1, -0.05) is 0 Å². The SMILES string of the molecule is COc1ccc(S(=O)(=O)N2CCC[C@H]2C(=O)O)c(C)c1C. The predicted molar refractivity (Wildman–Crippen MR) is 77.0 cm³/mol. The summed E-state index contributed by atoms with van der Waals surface area (Å²) in [7, 11) is -2.29. The van der Waals surface area contributed by atoms with Gasteiger partial charge in [0.05, 0.1) is 12.0 Å². The molecule has 1 saturated heterocycles. The number of aliphatic carboxylic acids is 1. The van der Waals surface area contributed by atoms with Gasteiger partial charge in [0, 0.05) is 6.54 Å². The van der Waals surface area contributed by atoms with Crippen LogP contribution in [0.15, 0.2) is 17.0 Å². The second-order valence-corrected chi connectivity index (χ2v) is 6.99. The molecule has 1 N–H and O–H groups in total. The number of rotatable bonds is 4. The largest absolute Gasteiger partial charge is 0.496 e. The third-order valence-corrected chi connectivity index (χ3v) is 6.04. The summed E-state index contributed by atoms with van der Waals surface area (Å²) in [5, 5.41) is 9.17. The molecule has 1 aliphatic rings. The number of nitrogens with zero attached hydrogens (tertiary/aromatic N) is 1. The van der Waals surface area contributed by atoms with E-state index in [0.717, 1.165) is 9.87 Å². The second-order valence-electron chi connectivity index (χ2n) is 5.13. The van der Waals surface area contributed by atoms with Gasteiger partial charge in [0.15, 0.2) is 0 Å². The van der Waals surface area contributed by atoms with Gasteiger partial charge in [-0.2, -0.15) is 4.31 Å². The number of methoxy groups -OCH3 is 1. The van der Waals surface area contributed by atoms with Crippen LogP contribution in [0.2, 0.25) is 0 Å². The summed E-state index contributed by atoms with van der Waals surface area (Å²) in [6.07, 6.45) is 0.910. The Kier molecular flexibility index (Phi) is 4.25. The van der Waals surface area contributed by atoms with Crippen molar-refractivity contribution < 1.29 is 23.1 Å². The van der Waals surface area contributed by atoms with Gasteiger partial charge in [0.2, 0.25) is 10.0 Å². The highest BCUT2D eigenvalue weighted by atomic mass is 32.2. The van der Waals surface area contributed by atoms with Crippen LogP contribution in [0.25, 0.3) is 0 Å². The maximum atomic E-state index is 12.7. The zero-order valence-corrected chi connectivity index (χ0v) is 13.1. The molecule has 0 radical (unpaired) electrons. The van der Waals surface area contributed by atoms with Crippen molar-refractivity contribution in [3.05, 3.63) is 23.3 Å². The fourth-order valence-corrected chi connectivity index (χ4v) is 4.61. The van der Waals surface area contributed by atoms with Crippen molar-refractivity contribution in [2.75, 3.05) is 13.7 Å². The van der Waals surface area contributed by atoms with Gasteiger partial charge in [-0.25, -0.2) is 8.42 Å². The third kappa shape index (κ3) is 2.63. The van der Waals surface area contributed by atoms with E-state index < -0.39 is 22.0 Å². The number of benzene rings is 1. The van der Waals surface area contributed by atoms with Gasteiger partial charge in [-0.15, -0.1) is 0 Å². The summed E-state index contributed by atoms with van der Waals surface area (Å²) in [4.78, 5) is 11.4. The molecule has 0 bridgehead atoms. The minimum absolute atomic E-state index is 0.147. The molecule has 1 fully saturated rings. The normalized spacial score (nSPS) is 19.7. The number of hydrogen-bond acceptors (Lipinski definition) is 4. The standard InChI is InChI=1S/C14H19NO5S/c1-9-10(2)13(7-6-12(9)20-3)21(18,19)15-8-4-5-11(15)14(16)17/h6-7,11H,4-5,8H2,1-3H3,(H,16,17)/t11-/m0/s1. The van der Waals surface area contributed by atoms with Crippen LogP contribution in [0.4, 0.5) is 0 Å². The van der Waals surface area contributed by atoms with E-state index in [1.165, 1.54) is 13.2 Å². The summed E-state index contributed by atoms with van der Waals surface area (Å²) in [6.45, 7) is 3.73. The van der Waals surface area contributed by atoms with Crippen LogP contribution in [0.1, 0.15) is 24.0 Å². The Bertz CT molecular complexity index is 668. The molecule has 0 aliphatic carbocycles. The summed E-state index contributed by atoms with van der Waals surface area (Å²) in [5.74, 6) is -0.485. The van der Waals surface area contributed by atoms with Crippen molar-refractivity contribution in [3.63, 3.8) is 0 Å². The molecule has 0 aromatic heterocycles. The van der Waals surface area contributed by atoms with Crippen molar-refractivity contribution in [1.29, 1.82) is 0 Å². The fraction of sp³-hybridized carbons (Fsp3) is 0.500. The van der Waals surface area contributed by atoms with Crippen LogP contribution in [0.5, 0.6) is 5.75 Å². The molecule has 0 amide bonds. The van der Waals surface area contributed by atoms with Crippen molar-refractivity contribution >= 4 is 16.0 Å². The molecule has 1 aromatic rings. The average molecular weight is 313 g/mol. The van der Waals surface area contributed by atoms with Gasteiger partial charge in [0.1, 0.15) is 11.8 Å². The molecular weight excluding hydrogens is 294 g/mol. The molecule has 6 nitrogen and oxygen atoms in total. The zero-order valence-electron chi connectivity index (χ0n) is 12.3. The maximum Gasteiger partial charge on any atom is 0.322 e. The molecule has 1 heterocycles. The molecule has 0 spiro atoms. The van der Waals surface area contributed by atoms with Gasteiger partial charge in [0.25, 0.3) is 0 Å². The van der Waals surface area contributed by atoms with E-state index in [2.05, 4.69) is 0 Å². The highest BCUT2D eigenvalue weighted by Gasteiger charge is 2.40. The Morgan fingerprint density at radius 3 is 2.57 bits per heavy atom. The van der Waals surface area contributed by atoms with Gasteiger partial charge in [-0.3, -0.25) is 4.79 Å². The Balaban J connectivity index is 2.50. The van der Waals surface area contributed by atoms with Crippen LogP contribution in [0.3, 0.4) is 0 Å². The second kappa shape index (κ2) is 5.65. The van der Waals surface area contributed by atoms with Crippen LogP contribution < -0.4 is 4.74 Å². The van der Waals surface area contributed by atoms with Crippen LogP contribution >= 0.6 is 0 Å². The van der Waals surface area contributed by atoms with Crippen molar-refractivity contribution in [3.8, 4) is 5.75 Å². The van der Waals surface area contributed by atoms with Crippen LogP contribution in [-0.4, -0.2) is 43.5 Å². The Labute approximate surface area is 124 Å². The van der Waals surface area contributed by atoms with Gasteiger partial charge < -0.3 is 9.84 Å². The minimum Gasteiger partial charge on any atom is -0.496 e. The molecule has 1 aliphatic heterocycles. The number of sulfonamides is 1. The molecule has 2 rings (SSSR count). The third-order valence-electron chi connectivity index (χ3n) is 3.98. The van der Waals surface area contributed by atoms with Crippen molar-refractivity contribution in [2.45, 2.75) is 37.6 Å². The highest BCUT2D eigenvalue weighted by molar-refractivity contribution is 7.89. The van der Waals surface area contributed by atoms with Crippen LogP contribution in [-0.2, 0) is 14.8 Å². The molecule has 0 unspecified atom stereocenters. The monoisotopic (exact) mass is 313 g/mol. The first-order valence-electron chi connectivity index (χ1n) is 6.69. The molecule has 1 atom stereocenters. The van der Waals surface area contributed by atoms with E-state index in [0.29, 0.717) is 24.2 Å².